The third-order valence-corrected chi connectivity index (χ3v) is 4.68. The van der Waals surface area contributed by atoms with Gasteiger partial charge in [-0.15, -0.1) is 0 Å². The van der Waals surface area contributed by atoms with E-state index in [1.54, 1.807) is 11.6 Å². The Kier molecular flexibility index (Phi) is 5.85. The lowest BCUT2D eigenvalue weighted by Crippen LogP contribution is -2.10. The fourth-order valence-electron chi connectivity index (χ4n) is 3.13. The van der Waals surface area contributed by atoms with Crippen LogP contribution in [-0.2, 0) is 22.6 Å². The maximum Gasteiger partial charge on any atom is 0.306 e. The fourth-order valence-corrected chi connectivity index (χ4v) is 3.13. The molecule has 0 amide bonds. The molecule has 0 aliphatic rings. The maximum atomic E-state index is 12.3. The van der Waals surface area contributed by atoms with Gasteiger partial charge in [0.2, 0.25) is 11.7 Å². The number of nitrogens with zero attached hydrogens (tertiary/aromatic N) is 5. The summed E-state index contributed by atoms with van der Waals surface area (Å²) in [5.41, 5.74) is 3.15. The predicted molar refractivity (Wildman–Crippen MR) is 111 cm³/mol. The summed E-state index contributed by atoms with van der Waals surface area (Å²) in [4.78, 5) is 16.6. The van der Waals surface area contributed by atoms with Gasteiger partial charge in [0.1, 0.15) is 18.2 Å². The van der Waals surface area contributed by atoms with Crippen LogP contribution >= 0.6 is 0 Å². The molecule has 0 N–H and O–H groups in total. The van der Waals surface area contributed by atoms with E-state index in [0.717, 1.165) is 11.3 Å². The molecule has 0 spiro atoms. The smallest absolute Gasteiger partial charge is 0.306 e. The standard InChI is InChI=1S/C23H19N5O3/c1-16-19(14-24)20(28(26-16)18-10-6-3-7-11-18)15-30-22(29)13-12-21-25-23(27-31-21)17-8-4-2-5-9-17/h2-11H,12-13,15H2,1H3. The van der Waals surface area contributed by atoms with Crippen molar-refractivity contribution in [2.24, 2.45) is 0 Å². The zero-order chi connectivity index (χ0) is 21.6. The number of esters is 1. The molecule has 2 heterocycles. The molecule has 2 aromatic carbocycles. The van der Waals surface area contributed by atoms with Gasteiger partial charge in [0, 0.05) is 12.0 Å². The molecule has 31 heavy (non-hydrogen) atoms. The SMILES string of the molecule is Cc1nn(-c2ccccc2)c(COC(=O)CCc2nc(-c3ccccc3)no2)c1C#N. The third kappa shape index (κ3) is 4.51. The summed E-state index contributed by atoms with van der Waals surface area (Å²) in [6.07, 6.45) is 0.345. The van der Waals surface area contributed by atoms with Gasteiger partial charge in [-0.1, -0.05) is 53.7 Å². The summed E-state index contributed by atoms with van der Waals surface area (Å²) in [7, 11) is 0. The van der Waals surface area contributed by atoms with Crippen LogP contribution in [0.15, 0.2) is 65.2 Å². The van der Waals surface area contributed by atoms with Crippen molar-refractivity contribution < 1.29 is 14.1 Å². The summed E-state index contributed by atoms with van der Waals surface area (Å²) in [5.74, 6) is 0.408. The molecule has 0 atom stereocenters. The van der Waals surface area contributed by atoms with E-state index >= 15 is 0 Å². The Labute approximate surface area is 178 Å². The van der Waals surface area contributed by atoms with Crippen molar-refractivity contribution in [1.29, 1.82) is 5.26 Å². The van der Waals surface area contributed by atoms with Crippen LogP contribution in [0.2, 0.25) is 0 Å². The molecular formula is C23H19N5O3. The minimum Gasteiger partial charge on any atom is -0.459 e. The lowest BCUT2D eigenvalue weighted by atomic mass is 10.2. The number of carbonyl (C=O) groups excluding carboxylic acids is 1. The van der Waals surface area contributed by atoms with E-state index in [1.165, 1.54) is 0 Å². The zero-order valence-corrected chi connectivity index (χ0v) is 16.9. The van der Waals surface area contributed by atoms with Gasteiger partial charge < -0.3 is 9.26 Å². The van der Waals surface area contributed by atoms with Crippen LogP contribution in [0.4, 0.5) is 0 Å². The molecule has 8 nitrogen and oxygen atoms in total. The highest BCUT2D eigenvalue weighted by atomic mass is 16.5. The highest BCUT2D eigenvalue weighted by Crippen LogP contribution is 2.20. The topological polar surface area (TPSA) is 107 Å². The molecule has 0 bridgehead atoms. The monoisotopic (exact) mass is 413 g/mol. The highest BCUT2D eigenvalue weighted by molar-refractivity contribution is 5.69. The molecule has 8 heteroatoms. The van der Waals surface area contributed by atoms with Crippen molar-refractivity contribution in [2.45, 2.75) is 26.4 Å². The average Bonchev–Trinajstić information content (AvgIpc) is 3.41. The summed E-state index contributed by atoms with van der Waals surface area (Å²) >= 11 is 0. The van der Waals surface area contributed by atoms with Gasteiger partial charge in [0.05, 0.1) is 23.5 Å². The van der Waals surface area contributed by atoms with E-state index < -0.39 is 5.97 Å². The zero-order valence-electron chi connectivity index (χ0n) is 16.9. The van der Waals surface area contributed by atoms with Gasteiger partial charge in [0.25, 0.3) is 0 Å². The van der Waals surface area contributed by atoms with Gasteiger partial charge in [0.15, 0.2) is 0 Å². The Hall–Kier alpha value is -4.25. The Morgan fingerprint density at radius 1 is 1.13 bits per heavy atom. The van der Waals surface area contributed by atoms with Gasteiger partial charge in [-0.05, 0) is 19.1 Å². The van der Waals surface area contributed by atoms with Crippen LogP contribution in [0.5, 0.6) is 0 Å². The van der Waals surface area contributed by atoms with E-state index in [9.17, 15) is 10.1 Å². The number of aryl methyl sites for hydroxylation is 2. The molecular weight excluding hydrogens is 394 g/mol. The van der Waals surface area contributed by atoms with Crippen LogP contribution in [0, 0.1) is 18.3 Å². The second kappa shape index (κ2) is 9.05. The Balaban J connectivity index is 1.40. The largest absolute Gasteiger partial charge is 0.459 e. The molecule has 4 aromatic rings. The minimum absolute atomic E-state index is 0.0590. The van der Waals surface area contributed by atoms with Gasteiger partial charge in [-0.25, -0.2) is 4.68 Å². The van der Waals surface area contributed by atoms with Gasteiger partial charge in [-0.3, -0.25) is 4.79 Å². The number of ether oxygens (including phenoxy) is 1. The lowest BCUT2D eigenvalue weighted by molar-refractivity contribution is -0.145. The first-order valence-corrected chi connectivity index (χ1v) is 9.73. The van der Waals surface area contributed by atoms with Gasteiger partial charge in [-0.2, -0.15) is 15.3 Å². The second-order valence-electron chi connectivity index (χ2n) is 6.80. The summed E-state index contributed by atoms with van der Waals surface area (Å²) in [6.45, 7) is 1.69. The molecule has 0 saturated heterocycles. The average molecular weight is 413 g/mol. The van der Waals surface area contributed by atoms with Crippen LogP contribution in [0.25, 0.3) is 17.1 Å². The Bertz CT molecular complexity index is 1220. The quantitative estimate of drug-likeness (QED) is 0.424. The number of benzene rings is 2. The van der Waals surface area contributed by atoms with Crippen molar-refractivity contribution in [3.8, 4) is 23.1 Å². The minimum atomic E-state index is -0.429. The highest BCUT2D eigenvalue weighted by Gasteiger charge is 2.18. The molecule has 0 aliphatic carbocycles. The van der Waals surface area contributed by atoms with Crippen LogP contribution < -0.4 is 0 Å². The summed E-state index contributed by atoms with van der Waals surface area (Å²) < 4.78 is 12.3. The number of para-hydroxylation sites is 1. The van der Waals surface area contributed by atoms with Crippen molar-refractivity contribution in [2.75, 3.05) is 0 Å². The molecule has 0 radical (unpaired) electrons. The predicted octanol–water partition coefficient (Wildman–Crippen LogP) is 3.78. The van der Waals surface area contributed by atoms with Crippen molar-refractivity contribution >= 4 is 5.97 Å². The first kappa shape index (κ1) is 20.0. The van der Waals surface area contributed by atoms with Gasteiger partial charge >= 0.3 is 5.97 Å². The Morgan fingerprint density at radius 3 is 2.55 bits per heavy atom. The second-order valence-corrected chi connectivity index (χ2v) is 6.80. The number of rotatable bonds is 7. The van der Waals surface area contributed by atoms with Crippen molar-refractivity contribution in [3.05, 3.63) is 83.5 Å². The lowest BCUT2D eigenvalue weighted by Gasteiger charge is -2.08. The maximum absolute atomic E-state index is 12.3. The Morgan fingerprint density at radius 2 is 1.84 bits per heavy atom. The fraction of sp³-hybridized carbons (Fsp3) is 0.174. The van der Waals surface area contributed by atoms with E-state index in [2.05, 4.69) is 21.3 Å². The summed E-state index contributed by atoms with van der Waals surface area (Å²) in [6, 6.07) is 21.0. The first-order valence-electron chi connectivity index (χ1n) is 9.73. The molecule has 4 rings (SSSR count). The summed E-state index contributed by atoms with van der Waals surface area (Å²) in [5, 5.41) is 17.9. The number of carbonyl (C=O) groups is 1. The van der Waals surface area contributed by atoms with E-state index in [0.29, 0.717) is 28.7 Å². The molecule has 154 valence electrons. The van der Waals surface area contributed by atoms with Crippen LogP contribution in [-0.4, -0.2) is 25.9 Å². The van der Waals surface area contributed by atoms with Crippen LogP contribution in [0.1, 0.15) is 29.3 Å². The number of aromatic nitrogens is 4. The molecule has 2 aromatic heterocycles. The first-order chi connectivity index (χ1) is 15.2. The van der Waals surface area contributed by atoms with Crippen molar-refractivity contribution in [3.63, 3.8) is 0 Å². The molecule has 0 unspecified atom stereocenters. The normalized spacial score (nSPS) is 10.6. The molecule has 0 saturated carbocycles. The van der Waals surface area contributed by atoms with E-state index in [-0.39, 0.29) is 19.4 Å². The van der Waals surface area contributed by atoms with Crippen molar-refractivity contribution in [1.82, 2.24) is 19.9 Å². The number of nitriles is 1. The van der Waals surface area contributed by atoms with Crippen LogP contribution in [0.3, 0.4) is 0 Å². The number of hydrogen-bond donors (Lipinski definition) is 0. The van der Waals surface area contributed by atoms with E-state index in [1.807, 2.05) is 60.7 Å². The molecule has 0 aliphatic heterocycles. The third-order valence-electron chi connectivity index (χ3n) is 4.68. The number of hydrogen-bond acceptors (Lipinski definition) is 7. The van der Waals surface area contributed by atoms with E-state index in [4.69, 9.17) is 9.26 Å². The molecule has 0 fully saturated rings.